The largest absolute Gasteiger partial charge is 0.496 e. The summed E-state index contributed by atoms with van der Waals surface area (Å²) in [5.74, 6) is -1.29. The van der Waals surface area contributed by atoms with Gasteiger partial charge in [-0.05, 0) is 31.0 Å². The zero-order valence-electron chi connectivity index (χ0n) is 19.9. The molecule has 2 aromatic rings. The molecule has 35 heavy (non-hydrogen) atoms. The summed E-state index contributed by atoms with van der Waals surface area (Å²) in [6.45, 7) is 5.34. The summed E-state index contributed by atoms with van der Waals surface area (Å²) in [5.41, 5.74) is 2.38. The molecular weight excluding hydrogens is 456 g/mol. The molecule has 3 rings (SSSR count). The van der Waals surface area contributed by atoms with Crippen LogP contribution in [0.3, 0.4) is 0 Å². The molecule has 11 nitrogen and oxygen atoms in total. The zero-order chi connectivity index (χ0) is 25.5. The second-order valence-electron chi connectivity index (χ2n) is 8.19. The van der Waals surface area contributed by atoms with Gasteiger partial charge in [0.25, 0.3) is 11.6 Å². The minimum atomic E-state index is -0.888. The normalized spacial score (nSPS) is 13.7. The monoisotopic (exact) mass is 484 g/mol. The number of aryl methyl sites for hydroxylation is 2. The standard InChI is InChI=1S/C24H28N4O7/c1-16-5-4-6-17(2)23(16)25-21(29)14-26-9-11-27(12-10-26)22(30)15-35-24(31)19-13-18(28(32)33)7-8-20(19)34-3/h4-8,13H,9-12,14-15H2,1-3H3,(H,25,29). The molecule has 2 aromatic carbocycles. The van der Waals surface area contributed by atoms with E-state index in [9.17, 15) is 24.5 Å². The molecule has 0 spiro atoms. The van der Waals surface area contributed by atoms with Crippen LogP contribution in [0.5, 0.6) is 5.75 Å². The topological polar surface area (TPSA) is 131 Å². The van der Waals surface area contributed by atoms with Crippen molar-refractivity contribution in [2.24, 2.45) is 0 Å². The summed E-state index contributed by atoms with van der Waals surface area (Å²) < 4.78 is 10.2. The van der Waals surface area contributed by atoms with E-state index in [1.54, 1.807) is 4.90 Å². The molecule has 2 amide bonds. The van der Waals surface area contributed by atoms with Gasteiger partial charge in [-0.1, -0.05) is 18.2 Å². The Morgan fingerprint density at radius 1 is 1.06 bits per heavy atom. The molecule has 1 N–H and O–H groups in total. The molecule has 1 heterocycles. The fourth-order valence-corrected chi connectivity index (χ4v) is 3.81. The van der Waals surface area contributed by atoms with E-state index in [-0.39, 0.29) is 35.4 Å². The van der Waals surface area contributed by atoms with Crippen LogP contribution < -0.4 is 10.1 Å². The fraction of sp³-hybridized carbons (Fsp3) is 0.375. The summed E-state index contributed by atoms with van der Waals surface area (Å²) in [6.07, 6.45) is 0. The van der Waals surface area contributed by atoms with E-state index < -0.39 is 17.5 Å². The van der Waals surface area contributed by atoms with E-state index in [1.807, 2.05) is 36.9 Å². The highest BCUT2D eigenvalue weighted by Crippen LogP contribution is 2.25. The molecule has 0 aromatic heterocycles. The number of nitro benzene ring substituents is 1. The lowest BCUT2D eigenvalue weighted by molar-refractivity contribution is -0.384. The number of amides is 2. The smallest absolute Gasteiger partial charge is 0.342 e. The van der Waals surface area contributed by atoms with Gasteiger partial charge >= 0.3 is 5.97 Å². The molecule has 0 radical (unpaired) electrons. The van der Waals surface area contributed by atoms with Gasteiger partial charge in [0.15, 0.2) is 6.61 Å². The van der Waals surface area contributed by atoms with Crippen molar-refractivity contribution >= 4 is 29.2 Å². The third-order valence-electron chi connectivity index (χ3n) is 5.78. The van der Waals surface area contributed by atoms with Crippen LogP contribution in [0.15, 0.2) is 36.4 Å². The van der Waals surface area contributed by atoms with Crippen molar-refractivity contribution in [3.8, 4) is 5.75 Å². The average Bonchev–Trinajstić information content (AvgIpc) is 2.84. The van der Waals surface area contributed by atoms with Crippen LogP contribution in [0.1, 0.15) is 21.5 Å². The number of piperazine rings is 1. The number of non-ortho nitro benzene ring substituents is 1. The molecule has 1 aliphatic heterocycles. The van der Waals surface area contributed by atoms with Crippen LogP contribution in [0, 0.1) is 24.0 Å². The van der Waals surface area contributed by atoms with Gasteiger partial charge in [-0.2, -0.15) is 0 Å². The number of nitro groups is 1. The predicted octanol–water partition coefficient (Wildman–Crippen LogP) is 2.16. The number of benzene rings is 2. The Hall–Kier alpha value is -3.99. The molecule has 0 unspecified atom stereocenters. The van der Waals surface area contributed by atoms with Crippen LogP contribution in [-0.2, 0) is 14.3 Å². The molecular formula is C24H28N4O7. The van der Waals surface area contributed by atoms with E-state index in [4.69, 9.17) is 9.47 Å². The molecule has 0 saturated carbocycles. The SMILES string of the molecule is COc1ccc([N+](=O)[O-])cc1C(=O)OCC(=O)N1CCN(CC(=O)Nc2c(C)cccc2C)CC1. The quantitative estimate of drug-likeness (QED) is 0.343. The lowest BCUT2D eigenvalue weighted by atomic mass is 10.1. The Morgan fingerprint density at radius 2 is 1.71 bits per heavy atom. The maximum atomic E-state index is 12.5. The summed E-state index contributed by atoms with van der Waals surface area (Å²) in [4.78, 5) is 51.3. The van der Waals surface area contributed by atoms with Crippen molar-refractivity contribution in [3.63, 3.8) is 0 Å². The molecule has 1 fully saturated rings. The third kappa shape index (κ3) is 6.54. The van der Waals surface area contributed by atoms with E-state index in [1.165, 1.54) is 19.2 Å². The first-order valence-electron chi connectivity index (χ1n) is 11.1. The van der Waals surface area contributed by atoms with E-state index >= 15 is 0 Å². The van der Waals surface area contributed by atoms with Gasteiger partial charge in [-0.3, -0.25) is 24.6 Å². The Kier molecular flexibility index (Phi) is 8.37. The number of para-hydroxylation sites is 1. The number of esters is 1. The van der Waals surface area contributed by atoms with Gasteiger partial charge in [0.1, 0.15) is 11.3 Å². The maximum absolute atomic E-state index is 12.5. The second kappa shape index (κ2) is 11.4. The minimum absolute atomic E-state index is 0.112. The fourth-order valence-electron chi connectivity index (χ4n) is 3.81. The Balaban J connectivity index is 1.47. The number of anilines is 1. The van der Waals surface area contributed by atoms with Crippen molar-refractivity contribution in [1.82, 2.24) is 9.80 Å². The van der Waals surface area contributed by atoms with Gasteiger partial charge in [0, 0.05) is 44.0 Å². The molecule has 11 heteroatoms. The number of carbonyl (C=O) groups excluding carboxylic acids is 3. The second-order valence-corrected chi connectivity index (χ2v) is 8.19. The van der Waals surface area contributed by atoms with Crippen molar-refractivity contribution in [3.05, 3.63) is 63.2 Å². The molecule has 0 aliphatic carbocycles. The van der Waals surface area contributed by atoms with Crippen molar-refractivity contribution < 1.29 is 28.8 Å². The molecule has 0 atom stereocenters. The average molecular weight is 485 g/mol. The first kappa shape index (κ1) is 25.6. The first-order chi connectivity index (χ1) is 16.7. The lowest BCUT2D eigenvalue weighted by Gasteiger charge is -2.34. The lowest BCUT2D eigenvalue weighted by Crippen LogP contribution is -2.51. The summed E-state index contributed by atoms with van der Waals surface area (Å²) in [7, 11) is 1.32. The van der Waals surface area contributed by atoms with Gasteiger partial charge in [0.05, 0.1) is 18.6 Å². The van der Waals surface area contributed by atoms with Crippen LogP contribution in [0.25, 0.3) is 0 Å². The van der Waals surface area contributed by atoms with E-state index in [0.29, 0.717) is 26.2 Å². The number of hydrogen-bond donors (Lipinski definition) is 1. The molecule has 1 aliphatic rings. The Morgan fingerprint density at radius 3 is 2.31 bits per heavy atom. The van der Waals surface area contributed by atoms with Crippen LogP contribution in [0.2, 0.25) is 0 Å². The number of hydrogen-bond acceptors (Lipinski definition) is 8. The van der Waals surface area contributed by atoms with Gasteiger partial charge in [-0.15, -0.1) is 0 Å². The molecule has 1 saturated heterocycles. The van der Waals surface area contributed by atoms with Crippen LogP contribution >= 0.6 is 0 Å². The maximum Gasteiger partial charge on any atom is 0.342 e. The highest BCUT2D eigenvalue weighted by atomic mass is 16.6. The summed E-state index contributed by atoms with van der Waals surface area (Å²) in [5, 5.41) is 13.9. The molecule has 186 valence electrons. The summed E-state index contributed by atoms with van der Waals surface area (Å²) in [6, 6.07) is 9.38. The number of nitrogens with one attached hydrogen (secondary N) is 1. The van der Waals surface area contributed by atoms with E-state index in [2.05, 4.69) is 5.32 Å². The van der Waals surface area contributed by atoms with E-state index in [0.717, 1.165) is 22.9 Å². The number of carbonyl (C=O) groups is 3. The van der Waals surface area contributed by atoms with Gasteiger partial charge in [0.2, 0.25) is 5.91 Å². The number of rotatable bonds is 8. The van der Waals surface area contributed by atoms with Crippen LogP contribution in [0.4, 0.5) is 11.4 Å². The Labute approximate surface area is 202 Å². The van der Waals surface area contributed by atoms with Gasteiger partial charge < -0.3 is 19.7 Å². The van der Waals surface area contributed by atoms with Crippen LogP contribution in [-0.4, -0.2) is 78.9 Å². The minimum Gasteiger partial charge on any atom is -0.496 e. The third-order valence-corrected chi connectivity index (χ3v) is 5.78. The number of methoxy groups -OCH3 is 1. The number of ether oxygens (including phenoxy) is 2. The van der Waals surface area contributed by atoms with Crippen molar-refractivity contribution in [1.29, 1.82) is 0 Å². The predicted molar refractivity (Wildman–Crippen MR) is 127 cm³/mol. The number of nitrogens with zero attached hydrogens (tertiary/aromatic N) is 3. The zero-order valence-corrected chi connectivity index (χ0v) is 19.9. The van der Waals surface area contributed by atoms with Crippen molar-refractivity contribution in [2.75, 3.05) is 51.8 Å². The first-order valence-corrected chi connectivity index (χ1v) is 11.1. The van der Waals surface area contributed by atoms with Crippen molar-refractivity contribution in [2.45, 2.75) is 13.8 Å². The highest BCUT2D eigenvalue weighted by Gasteiger charge is 2.25. The molecule has 0 bridgehead atoms. The summed E-state index contributed by atoms with van der Waals surface area (Å²) >= 11 is 0. The van der Waals surface area contributed by atoms with Gasteiger partial charge in [-0.25, -0.2) is 4.79 Å². The Bertz CT molecular complexity index is 1110. The highest BCUT2D eigenvalue weighted by molar-refractivity contribution is 5.95.